The standard InChI is InChI=1S/C25H27FN2O3S/c1-30-19-11-12-22(31-2)20(15-19)21-5-3-13-28(21)24(29)16-27-25(23-6-4-14-32-23)17-7-9-18(26)10-8-17/h4,6-12,14-15,21,25,27H,3,5,13,16H2,1-2H3/t21-,25-/m1/s1. The quantitative estimate of drug-likeness (QED) is 0.523. The zero-order valence-corrected chi connectivity index (χ0v) is 19.0. The maximum absolute atomic E-state index is 13.4. The van der Waals surface area contributed by atoms with Crippen molar-refractivity contribution < 1.29 is 18.7 Å². The Labute approximate surface area is 191 Å². The second-order valence-corrected chi connectivity index (χ2v) is 8.71. The SMILES string of the molecule is COc1ccc(OC)c([C@H]2CCCN2C(=O)CN[C@H](c2ccc(F)cc2)c2cccs2)c1. The monoisotopic (exact) mass is 454 g/mol. The summed E-state index contributed by atoms with van der Waals surface area (Å²) in [6.45, 7) is 0.883. The van der Waals surface area contributed by atoms with Crippen LogP contribution in [-0.2, 0) is 4.79 Å². The molecule has 1 saturated heterocycles. The Kier molecular flexibility index (Phi) is 7.07. The molecule has 1 aromatic heterocycles. The number of carbonyl (C=O) groups excluding carboxylic acids is 1. The number of methoxy groups -OCH3 is 2. The third kappa shape index (κ3) is 4.79. The molecule has 2 aromatic carbocycles. The summed E-state index contributed by atoms with van der Waals surface area (Å²) in [5, 5.41) is 5.40. The number of halogens is 1. The van der Waals surface area contributed by atoms with Gasteiger partial charge in [-0.2, -0.15) is 0 Å². The number of carbonyl (C=O) groups is 1. The van der Waals surface area contributed by atoms with E-state index in [0.29, 0.717) is 6.54 Å². The minimum Gasteiger partial charge on any atom is -0.497 e. The number of nitrogens with zero attached hydrogens (tertiary/aromatic N) is 1. The maximum Gasteiger partial charge on any atom is 0.237 e. The van der Waals surface area contributed by atoms with Crippen molar-refractivity contribution in [1.82, 2.24) is 10.2 Å². The van der Waals surface area contributed by atoms with Gasteiger partial charge in [-0.3, -0.25) is 10.1 Å². The Hall–Kier alpha value is -2.90. The number of likely N-dealkylation sites (tertiary alicyclic amines) is 1. The summed E-state index contributed by atoms with van der Waals surface area (Å²) >= 11 is 1.61. The van der Waals surface area contributed by atoms with Gasteiger partial charge in [-0.25, -0.2) is 4.39 Å². The van der Waals surface area contributed by atoms with E-state index in [2.05, 4.69) is 5.32 Å². The van der Waals surface area contributed by atoms with Crippen molar-refractivity contribution >= 4 is 17.2 Å². The van der Waals surface area contributed by atoms with Gasteiger partial charge < -0.3 is 14.4 Å². The molecule has 3 aromatic rings. The molecule has 1 aliphatic rings. The number of hydrogen-bond acceptors (Lipinski definition) is 5. The molecule has 2 atom stereocenters. The zero-order valence-electron chi connectivity index (χ0n) is 18.2. The molecule has 0 saturated carbocycles. The molecular formula is C25H27FN2O3S. The number of nitrogens with one attached hydrogen (secondary N) is 1. The number of thiophene rings is 1. The van der Waals surface area contributed by atoms with Gasteiger partial charge in [0.2, 0.25) is 5.91 Å². The highest BCUT2D eigenvalue weighted by molar-refractivity contribution is 7.10. The van der Waals surface area contributed by atoms with Gasteiger partial charge in [0.1, 0.15) is 17.3 Å². The highest BCUT2D eigenvalue weighted by atomic mass is 32.1. The van der Waals surface area contributed by atoms with Crippen LogP contribution in [0.5, 0.6) is 11.5 Å². The molecule has 32 heavy (non-hydrogen) atoms. The van der Waals surface area contributed by atoms with Crippen LogP contribution in [0.1, 0.15) is 40.9 Å². The first-order valence-electron chi connectivity index (χ1n) is 10.6. The van der Waals surface area contributed by atoms with E-state index in [1.807, 2.05) is 40.6 Å². The second kappa shape index (κ2) is 10.1. The normalized spacial score (nSPS) is 16.7. The smallest absolute Gasteiger partial charge is 0.237 e. The van der Waals surface area contributed by atoms with E-state index in [9.17, 15) is 9.18 Å². The first-order valence-corrected chi connectivity index (χ1v) is 11.5. The minimum absolute atomic E-state index is 0.0287. The molecule has 0 aliphatic carbocycles. The maximum atomic E-state index is 13.4. The summed E-state index contributed by atoms with van der Waals surface area (Å²) in [7, 11) is 3.27. The van der Waals surface area contributed by atoms with E-state index in [4.69, 9.17) is 9.47 Å². The molecule has 1 fully saturated rings. The first-order chi connectivity index (χ1) is 15.6. The Bertz CT molecular complexity index is 1040. The molecule has 2 heterocycles. The molecule has 0 unspecified atom stereocenters. The molecule has 0 bridgehead atoms. The van der Waals surface area contributed by atoms with Crippen LogP contribution in [0.4, 0.5) is 4.39 Å². The Morgan fingerprint density at radius 2 is 2.00 bits per heavy atom. The lowest BCUT2D eigenvalue weighted by atomic mass is 10.0. The first kappa shape index (κ1) is 22.3. The number of ether oxygens (including phenoxy) is 2. The number of rotatable bonds is 8. The van der Waals surface area contributed by atoms with E-state index in [-0.39, 0.29) is 30.4 Å². The van der Waals surface area contributed by atoms with E-state index in [1.54, 1.807) is 37.7 Å². The number of amides is 1. The highest BCUT2D eigenvalue weighted by Gasteiger charge is 2.32. The highest BCUT2D eigenvalue weighted by Crippen LogP contribution is 2.39. The molecule has 168 valence electrons. The molecule has 4 rings (SSSR count). The van der Waals surface area contributed by atoms with Crippen molar-refractivity contribution in [1.29, 1.82) is 0 Å². The fourth-order valence-corrected chi connectivity index (χ4v) is 5.10. The van der Waals surface area contributed by atoms with Gasteiger partial charge in [0.25, 0.3) is 0 Å². The molecule has 1 amide bonds. The van der Waals surface area contributed by atoms with E-state index in [1.165, 1.54) is 12.1 Å². The Morgan fingerprint density at radius 3 is 2.69 bits per heavy atom. The second-order valence-electron chi connectivity index (χ2n) is 7.73. The lowest BCUT2D eigenvalue weighted by molar-refractivity contribution is -0.131. The van der Waals surface area contributed by atoms with Crippen LogP contribution in [0.25, 0.3) is 0 Å². The number of hydrogen-bond donors (Lipinski definition) is 1. The third-order valence-electron chi connectivity index (χ3n) is 5.86. The average molecular weight is 455 g/mol. The van der Waals surface area contributed by atoms with E-state index < -0.39 is 0 Å². The van der Waals surface area contributed by atoms with Gasteiger partial charge in [0.05, 0.1) is 32.8 Å². The summed E-state index contributed by atoms with van der Waals surface area (Å²) in [4.78, 5) is 16.3. The lowest BCUT2D eigenvalue weighted by Crippen LogP contribution is -2.39. The predicted octanol–water partition coefficient (Wildman–Crippen LogP) is 4.95. The fourth-order valence-electron chi connectivity index (χ4n) is 4.27. The average Bonchev–Trinajstić information content (AvgIpc) is 3.52. The van der Waals surface area contributed by atoms with Crippen LogP contribution in [-0.4, -0.2) is 38.1 Å². The van der Waals surface area contributed by atoms with Crippen LogP contribution >= 0.6 is 11.3 Å². The van der Waals surface area contributed by atoms with Crippen molar-refractivity contribution in [2.45, 2.75) is 24.9 Å². The van der Waals surface area contributed by atoms with Crippen molar-refractivity contribution in [2.75, 3.05) is 27.3 Å². The topological polar surface area (TPSA) is 50.8 Å². The van der Waals surface area contributed by atoms with Gasteiger partial charge >= 0.3 is 0 Å². The van der Waals surface area contributed by atoms with Crippen LogP contribution in [0, 0.1) is 5.82 Å². The van der Waals surface area contributed by atoms with Crippen molar-refractivity contribution in [3.8, 4) is 11.5 Å². The Balaban J connectivity index is 1.52. The number of benzene rings is 2. The lowest BCUT2D eigenvalue weighted by Gasteiger charge is -2.28. The van der Waals surface area contributed by atoms with Crippen LogP contribution < -0.4 is 14.8 Å². The molecule has 1 N–H and O–H groups in total. The Morgan fingerprint density at radius 1 is 1.19 bits per heavy atom. The fraction of sp³-hybridized carbons (Fsp3) is 0.320. The van der Waals surface area contributed by atoms with Gasteiger partial charge in [-0.1, -0.05) is 18.2 Å². The summed E-state index contributed by atoms with van der Waals surface area (Å²) in [6, 6.07) is 15.9. The van der Waals surface area contributed by atoms with E-state index >= 15 is 0 Å². The molecule has 1 aliphatic heterocycles. The summed E-state index contributed by atoms with van der Waals surface area (Å²) < 4.78 is 24.4. The van der Waals surface area contributed by atoms with Gasteiger partial charge in [0.15, 0.2) is 0 Å². The van der Waals surface area contributed by atoms with Crippen LogP contribution in [0.3, 0.4) is 0 Å². The molecule has 7 heteroatoms. The van der Waals surface area contributed by atoms with E-state index in [0.717, 1.165) is 40.3 Å². The van der Waals surface area contributed by atoms with Gasteiger partial charge in [-0.05, 0) is 60.2 Å². The molecular weight excluding hydrogens is 427 g/mol. The van der Waals surface area contributed by atoms with Crippen molar-refractivity contribution in [3.63, 3.8) is 0 Å². The van der Waals surface area contributed by atoms with Crippen LogP contribution in [0.15, 0.2) is 60.0 Å². The van der Waals surface area contributed by atoms with Crippen LogP contribution in [0.2, 0.25) is 0 Å². The third-order valence-corrected chi connectivity index (χ3v) is 6.79. The molecule has 0 radical (unpaired) electrons. The molecule has 5 nitrogen and oxygen atoms in total. The van der Waals surface area contributed by atoms with Gasteiger partial charge in [-0.15, -0.1) is 11.3 Å². The largest absolute Gasteiger partial charge is 0.497 e. The van der Waals surface area contributed by atoms with Crippen molar-refractivity contribution in [3.05, 3.63) is 81.8 Å². The minimum atomic E-state index is -0.276. The summed E-state index contributed by atoms with van der Waals surface area (Å²) in [5.74, 6) is 1.25. The van der Waals surface area contributed by atoms with Gasteiger partial charge in [0, 0.05) is 17.0 Å². The molecule has 0 spiro atoms. The zero-order chi connectivity index (χ0) is 22.5. The predicted molar refractivity (Wildman–Crippen MR) is 124 cm³/mol. The van der Waals surface area contributed by atoms with Crippen molar-refractivity contribution in [2.24, 2.45) is 0 Å². The summed E-state index contributed by atoms with van der Waals surface area (Å²) in [6.07, 6.45) is 1.81. The summed E-state index contributed by atoms with van der Waals surface area (Å²) in [5.41, 5.74) is 1.89.